The number of nitrogens with zero attached hydrogens (tertiary/aromatic N) is 1. The Bertz CT molecular complexity index is 302. The van der Waals surface area contributed by atoms with Crippen LogP contribution in [0.5, 0.6) is 0 Å². The number of H-pyrrole nitrogens is 1. The maximum Gasteiger partial charge on any atom is 0.179 e. The molecule has 0 radical (unpaired) electrons. The van der Waals surface area contributed by atoms with Gasteiger partial charge in [-0.25, -0.2) is 4.98 Å². The number of Topliss-reactive ketones (excluding diaryl/α,β-unsaturated/α-hetero) is 1. The van der Waals surface area contributed by atoms with Gasteiger partial charge in [-0.3, -0.25) is 4.79 Å². The van der Waals surface area contributed by atoms with Gasteiger partial charge >= 0.3 is 0 Å². The zero-order valence-corrected chi connectivity index (χ0v) is 8.48. The molecule has 72 valence electrons. The van der Waals surface area contributed by atoms with Crippen LogP contribution in [0.2, 0.25) is 0 Å². The van der Waals surface area contributed by atoms with Crippen LogP contribution in [-0.2, 0) is 12.8 Å². The average Bonchev–Trinajstić information content (AvgIpc) is 2.48. The molecule has 0 fully saturated rings. The second kappa shape index (κ2) is 4.21. The summed E-state index contributed by atoms with van der Waals surface area (Å²) in [6.07, 6.45) is 2.81. The molecule has 1 rings (SSSR count). The highest BCUT2D eigenvalue weighted by Gasteiger charge is 2.11. The summed E-state index contributed by atoms with van der Waals surface area (Å²) in [5, 5.41) is 0. The predicted octanol–water partition coefficient (Wildman–Crippen LogP) is 2.13. The highest BCUT2D eigenvalue weighted by atomic mass is 16.1. The summed E-state index contributed by atoms with van der Waals surface area (Å²) in [4.78, 5) is 18.6. The fourth-order valence-electron chi connectivity index (χ4n) is 1.37. The minimum Gasteiger partial charge on any atom is -0.345 e. The van der Waals surface area contributed by atoms with Crippen LogP contribution >= 0.6 is 0 Å². The van der Waals surface area contributed by atoms with E-state index in [1.165, 1.54) is 0 Å². The van der Waals surface area contributed by atoms with E-state index in [0.717, 1.165) is 30.8 Å². The molecule has 3 heteroatoms. The quantitative estimate of drug-likeness (QED) is 0.721. The summed E-state index contributed by atoms with van der Waals surface area (Å²) < 4.78 is 0. The summed E-state index contributed by atoms with van der Waals surface area (Å²) in [6, 6.07) is 0. The Hall–Kier alpha value is -1.12. The van der Waals surface area contributed by atoms with Crippen LogP contribution in [0.3, 0.4) is 0 Å². The Morgan fingerprint density at radius 3 is 2.54 bits per heavy atom. The van der Waals surface area contributed by atoms with Crippen molar-refractivity contribution >= 4 is 5.78 Å². The zero-order valence-electron chi connectivity index (χ0n) is 8.48. The number of carbonyl (C=O) groups excluding carboxylic acids is 1. The molecule has 0 bridgehead atoms. The van der Waals surface area contributed by atoms with E-state index in [4.69, 9.17) is 0 Å². The van der Waals surface area contributed by atoms with E-state index in [2.05, 4.69) is 16.9 Å². The molecule has 13 heavy (non-hydrogen) atoms. The van der Waals surface area contributed by atoms with Crippen molar-refractivity contribution in [3.8, 4) is 0 Å². The normalized spacial score (nSPS) is 10.4. The number of aryl methyl sites for hydroxylation is 2. The number of nitrogens with one attached hydrogen (secondary N) is 1. The zero-order chi connectivity index (χ0) is 9.84. The summed E-state index contributed by atoms with van der Waals surface area (Å²) in [6.45, 7) is 5.68. The maximum atomic E-state index is 11.2. The lowest BCUT2D eigenvalue weighted by atomic mass is 10.2. The van der Waals surface area contributed by atoms with E-state index in [-0.39, 0.29) is 5.78 Å². The minimum atomic E-state index is 0.0513. The summed E-state index contributed by atoms with van der Waals surface area (Å²) >= 11 is 0. The van der Waals surface area contributed by atoms with E-state index in [1.807, 2.05) is 6.92 Å². The molecule has 0 aliphatic carbocycles. The Labute approximate surface area is 78.6 Å². The molecule has 0 aromatic carbocycles. The molecule has 0 aliphatic rings. The molecule has 0 saturated heterocycles. The SMILES string of the molecule is CCCc1nc(C(C)=O)c(CC)[nH]1. The number of aromatic amines is 1. The van der Waals surface area contributed by atoms with Gasteiger partial charge < -0.3 is 4.98 Å². The number of rotatable bonds is 4. The van der Waals surface area contributed by atoms with Crippen LogP contribution in [0.1, 0.15) is 49.2 Å². The lowest BCUT2D eigenvalue weighted by Crippen LogP contribution is -1.97. The van der Waals surface area contributed by atoms with Crippen LogP contribution in [-0.4, -0.2) is 15.8 Å². The van der Waals surface area contributed by atoms with Crippen molar-refractivity contribution in [2.24, 2.45) is 0 Å². The molecule has 0 amide bonds. The van der Waals surface area contributed by atoms with E-state index >= 15 is 0 Å². The Balaban J connectivity index is 2.97. The van der Waals surface area contributed by atoms with Gasteiger partial charge in [0.25, 0.3) is 0 Å². The van der Waals surface area contributed by atoms with Crippen LogP contribution in [0.15, 0.2) is 0 Å². The molecule has 1 heterocycles. The fraction of sp³-hybridized carbons (Fsp3) is 0.600. The van der Waals surface area contributed by atoms with Crippen molar-refractivity contribution in [3.63, 3.8) is 0 Å². The van der Waals surface area contributed by atoms with Gasteiger partial charge in [-0.05, 0) is 12.8 Å². The third-order valence-corrected chi connectivity index (χ3v) is 2.00. The van der Waals surface area contributed by atoms with Crippen LogP contribution in [0.25, 0.3) is 0 Å². The lowest BCUT2D eigenvalue weighted by Gasteiger charge is -1.91. The summed E-state index contributed by atoms with van der Waals surface area (Å²) in [5.41, 5.74) is 1.59. The first-order valence-corrected chi connectivity index (χ1v) is 4.77. The van der Waals surface area contributed by atoms with Crippen molar-refractivity contribution in [1.29, 1.82) is 0 Å². The average molecular weight is 180 g/mol. The molecule has 0 unspecified atom stereocenters. The number of imidazole rings is 1. The van der Waals surface area contributed by atoms with Crippen LogP contribution < -0.4 is 0 Å². The van der Waals surface area contributed by atoms with Crippen molar-refractivity contribution in [2.75, 3.05) is 0 Å². The molecule has 1 aromatic heterocycles. The topological polar surface area (TPSA) is 45.8 Å². The minimum absolute atomic E-state index is 0.0513. The van der Waals surface area contributed by atoms with Crippen molar-refractivity contribution in [1.82, 2.24) is 9.97 Å². The van der Waals surface area contributed by atoms with Crippen molar-refractivity contribution in [2.45, 2.75) is 40.0 Å². The van der Waals surface area contributed by atoms with Crippen molar-refractivity contribution in [3.05, 3.63) is 17.2 Å². The van der Waals surface area contributed by atoms with Gasteiger partial charge in [0.05, 0.1) is 0 Å². The molecule has 1 aromatic rings. The first-order chi connectivity index (χ1) is 6.19. The van der Waals surface area contributed by atoms with E-state index < -0.39 is 0 Å². The highest BCUT2D eigenvalue weighted by Crippen LogP contribution is 2.09. The fourth-order valence-corrected chi connectivity index (χ4v) is 1.37. The van der Waals surface area contributed by atoms with Crippen LogP contribution in [0.4, 0.5) is 0 Å². The van der Waals surface area contributed by atoms with Gasteiger partial charge in [-0.15, -0.1) is 0 Å². The Morgan fingerprint density at radius 2 is 2.15 bits per heavy atom. The third-order valence-electron chi connectivity index (χ3n) is 2.00. The van der Waals surface area contributed by atoms with Gasteiger partial charge in [0.15, 0.2) is 5.78 Å². The van der Waals surface area contributed by atoms with Gasteiger partial charge in [-0.1, -0.05) is 13.8 Å². The van der Waals surface area contributed by atoms with E-state index in [9.17, 15) is 4.79 Å². The Morgan fingerprint density at radius 1 is 1.46 bits per heavy atom. The second-order valence-corrected chi connectivity index (χ2v) is 3.17. The molecular formula is C10H16N2O. The summed E-state index contributed by atoms with van der Waals surface area (Å²) in [7, 11) is 0. The standard InChI is InChI=1S/C10H16N2O/c1-4-6-9-11-8(5-2)10(12-9)7(3)13/h4-6H2,1-3H3,(H,11,12). The number of hydrogen-bond acceptors (Lipinski definition) is 2. The first kappa shape index (κ1) is 9.96. The smallest absolute Gasteiger partial charge is 0.179 e. The molecule has 0 spiro atoms. The van der Waals surface area contributed by atoms with Gasteiger partial charge in [0.1, 0.15) is 11.5 Å². The number of aromatic nitrogens is 2. The molecule has 3 nitrogen and oxygen atoms in total. The molecule has 0 aliphatic heterocycles. The van der Waals surface area contributed by atoms with Crippen molar-refractivity contribution < 1.29 is 4.79 Å². The number of ketones is 1. The second-order valence-electron chi connectivity index (χ2n) is 3.17. The monoisotopic (exact) mass is 180 g/mol. The molecule has 0 saturated carbocycles. The predicted molar refractivity (Wildman–Crippen MR) is 52.0 cm³/mol. The molecule has 1 N–H and O–H groups in total. The van der Waals surface area contributed by atoms with E-state index in [1.54, 1.807) is 6.92 Å². The number of hydrogen-bond donors (Lipinski definition) is 1. The molecule has 0 atom stereocenters. The largest absolute Gasteiger partial charge is 0.345 e. The van der Waals surface area contributed by atoms with Gasteiger partial charge in [-0.2, -0.15) is 0 Å². The Kier molecular flexibility index (Phi) is 3.23. The lowest BCUT2D eigenvalue weighted by molar-refractivity contribution is 0.101. The van der Waals surface area contributed by atoms with E-state index in [0.29, 0.717) is 5.69 Å². The van der Waals surface area contributed by atoms with Gasteiger partial charge in [0.2, 0.25) is 0 Å². The summed E-state index contributed by atoms with van der Waals surface area (Å²) in [5.74, 6) is 0.986. The maximum absolute atomic E-state index is 11.2. The third kappa shape index (κ3) is 2.17. The first-order valence-electron chi connectivity index (χ1n) is 4.77. The van der Waals surface area contributed by atoms with Crippen LogP contribution in [0, 0.1) is 0 Å². The highest BCUT2D eigenvalue weighted by molar-refractivity contribution is 5.93. The molecular weight excluding hydrogens is 164 g/mol. The number of carbonyl (C=O) groups is 1. The van der Waals surface area contributed by atoms with Gasteiger partial charge in [0, 0.05) is 19.0 Å².